The van der Waals surface area contributed by atoms with Crippen molar-refractivity contribution >= 4 is 23.0 Å². The van der Waals surface area contributed by atoms with Crippen LogP contribution in [0.25, 0.3) is 0 Å². The van der Waals surface area contributed by atoms with Crippen molar-refractivity contribution in [3.8, 4) is 0 Å². The van der Waals surface area contributed by atoms with E-state index in [0.717, 1.165) is 11.5 Å². The molecule has 0 fully saturated rings. The Hall–Kier alpha value is -2.15. The van der Waals surface area contributed by atoms with E-state index < -0.39 is 0 Å². The van der Waals surface area contributed by atoms with E-state index in [0.29, 0.717) is 12.2 Å². The maximum Gasteiger partial charge on any atom is 0.188 e. The van der Waals surface area contributed by atoms with E-state index in [9.17, 15) is 0 Å². The van der Waals surface area contributed by atoms with Gasteiger partial charge in [0.25, 0.3) is 0 Å². The first-order valence-corrected chi connectivity index (χ1v) is 6.18. The molecule has 0 bridgehead atoms. The van der Waals surface area contributed by atoms with Gasteiger partial charge in [0.05, 0.1) is 17.7 Å². The van der Waals surface area contributed by atoms with Crippen molar-refractivity contribution in [2.75, 3.05) is 11.9 Å². The fourth-order valence-electron chi connectivity index (χ4n) is 1.47. The average Bonchev–Trinajstić information content (AvgIpc) is 2.90. The van der Waals surface area contributed by atoms with Crippen molar-refractivity contribution in [3.05, 3.63) is 40.5 Å². The van der Waals surface area contributed by atoms with Gasteiger partial charge in [-0.2, -0.15) is 0 Å². The van der Waals surface area contributed by atoms with Crippen LogP contribution in [0, 0.1) is 0 Å². The molecule has 0 aliphatic carbocycles. The molecule has 2 heterocycles. The van der Waals surface area contributed by atoms with Crippen LogP contribution in [0.2, 0.25) is 0 Å². The molecule has 0 saturated carbocycles. The molecule has 6 nitrogen and oxygen atoms in total. The van der Waals surface area contributed by atoms with Gasteiger partial charge in [0.15, 0.2) is 5.84 Å². The van der Waals surface area contributed by atoms with E-state index >= 15 is 0 Å². The summed E-state index contributed by atoms with van der Waals surface area (Å²) in [5, 5.41) is 13.6. The molecule has 0 spiro atoms. The van der Waals surface area contributed by atoms with Gasteiger partial charge >= 0.3 is 0 Å². The van der Waals surface area contributed by atoms with E-state index in [1.54, 1.807) is 22.9 Å². The number of hydrogen-bond acceptors (Lipinski definition) is 6. The molecule has 0 amide bonds. The Labute approximate surface area is 108 Å². The highest BCUT2D eigenvalue weighted by Crippen LogP contribution is 2.13. The van der Waals surface area contributed by atoms with Crippen LogP contribution in [0.5, 0.6) is 0 Å². The van der Waals surface area contributed by atoms with Gasteiger partial charge in [-0.1, -0.05) is 11.2 Å². The summed E-state index contributed by atoms with van der Waals surface area (Å²) in [5.74, 6) is 0.742. The molecule has 0 aromatic carbocycles. The molecule has 3 N–H and O–H groups in total. The van der Waals surface area contributed by atoms with Crippen molar-refractivity contribution in [1.29, 1.82) is 0 Å². The standard InChI is InChI=1S/C11H13N5OS/c1-16(5-8-6-18-7-13-8)10-4-2-3-9(14-10)11(12)15-17/h2-4,6-7,17H,5H2,1H3,(H2,12,15). The zero-order valence-corrected chi connectivity index (χ0v) is 10.6. The van der Waals surface area contributed by atoms with Gasteiger partial charge in [-0.05, 0) is 12.1 Å². The number of nitrogens with zero attached hydrogens (tertiary/aromatic N) is 4. The Morgan fingerprint density at radius 2 is 2.39 bits per heavy atom. The quantitative estimate of drug-likeness (QED) is 0.375. The molecule has 2 aromatic heterocycles. The molecule has 7 heteroatoms. The summed E-state index contributed by atoms with van der Waals surface area (Å²) < 4.78 is 0. The lowest BCUT2D eigenvalue weighted by molar-refractivity contribution is 0.318. The zero-order chi connectivity index (χ0) is 13.0. The fraction of sp³-hybridized carbons (Fsp3) is 0.182. The number of oxime groups is 1. The summed E-state index contributed by atoms with van der Waals surface area (Å²) >= 11 is 1.56. The highest BCUT2D eigenvalue weighted by atomic mass is 32.1. The van der Waals surface area contributed by atoms with Gasteiger partial charge in [0, 0.05) is 12.4 Å². The largest absolute Gasteiger partial charge is 0.409 e. The van der Waals surface area contributed by atoms with E-state index in [4.69, 9.17) is 10.9 Å². The zero-order valence-electron chi connectivity index (χ0n) is 9.82. The molecule has 0 unspecified atom stereocenters. The molecule has 18 heavy (non-hydrogen) atoms. The molecule has 0 aliphatic rings. The molecular formula is C11H13N5OS. The summed E-state index contributed by atoms with van der Waals surface area (Å²) in [5.41, 5.74) is 8.73. The third-order valence-electron chi connectivity index (χ3n) is 2.38. The normalized spacial score (nSPS) is 11.5. The minimum absolute atomic E-state index is 0.00101. The number of nitrogens with two attached hydrogens (primary N) is 1. The maximum atomic E-state index is 8.63. The van der Waals surface area contributed by atoms with Crippen molar-refractivity contribution in [2.24, 2.45) is 10.9 Å². The van der Waals surface area contributed by atoms with Gasteiger partial charge in [0.2, 0.25) is 0 Å². The molecule has 0 aliphatic heterocycles. The van der Waals surface area contributed by atoms with E-state index in [1.165, 1.54) is 0 Å². The summed E-state index contributed by atoms with van der Waals surface area (Å²) in [7, 11) is 1.91. The smallest absolute Gasteiger partial charge is 0.188 e. The summed E-state index contributed by atoms with van der Waals surface area (Å²) in [6.07, 6.45) is 0. The van der Waals surface area contributed by atoms with E-state index in [1.807, 2.05) is 29.5 Å². The molecule has 2 rings (SSSR count). The van der Waals surface area contributed by atoms with Gasteiger partial charge in [-0.3, -0.25) is 0 Å². The van der Waals surface area contributed by atoms with E-state index in [2.05, 4.69) is 15.1 Å². The van der Waals surface area contributed by atoms with Crippen molar-refractivity contribution in [1.82, 2.24) is 9.97 Å². The first-order valence-electron chi connectivity index (χ1n) is 5.24. The molecule has 0 atom stereocenters. The highest BCUT2D eigenvalue weighted by Gasteiger charge is 2.07. The predicted octanol–water partition coefficient (Wildman–Crippen LogP) is 1.27. The van der Waals surface area contributed by atoms with E-state index in [-0.39, 0.29) is 5.84 Å². The van der Waals surface area contributed by atoms with Gasteiger partial charge in [-0.15, -0.1) is 11.3 Å². The van der Waals surface area contributed by atoms with Crippen LogP contribution in [0.3, 0.4) is 0 Å². The number of aromatic nitrogens is 2. The van der Waals surface area contributed by atoms with Crippen LogP contribution in [-0.2, 0) is 6.54 Å². The monoisotopic (exact) mass is 263 g/mol. The first-order chi connectivity index (χ1) is 8.70. The number of anilines is 1. The van der Waals surface area contributed by atoms with Crippen LogP contribution in [-0.4, -0.2) is 28.1 Å². The second-order valence-electron chi connectivity index (χ2n) is 3.70. The van der Waals surface area contributed by atoms with Crippen molar-refractivity contribution in [2.45, 2.75) is 6.54 Å². The second-order valence-corrected chi connectivity index (χ2v) is 4.42. The Morgan fingerprint density at radius 1 is 1.56 bits per heavy atom. The van der Waals surface area contributed by atoms with Crippen LogP contribution in [0.1, 0.15) is 11.4 Å². The Morgan fingerprint density at radius 3 is 3.06 bits per heavy atom. The Balaban J connectivity index is 2.17. The summed E-state index contributed by atoms with van der Waals surface area (Å²) in [6, 6.07) is 5.36. The van der Waals surface area contributed by atoms with Crippen LogP contribution in [0.4, 0.5) is 5.82 Å². The molecular weight excluding hydrogens is 250 g/mol. The molecule has 94 valence electrons. The van der Waals surface area contributed by atoms with Crippen LogP contribution in [0.15, 0.2) is 34.2 Å². The summed E-state index contributed by atoms with van der Waals surface area (Å²) in [6.45, 7) is 0.663. The Bertz CT molecular complexity index is 540. The lowest BCUT2D eigenvalue weighted by Gasteiger charge is -2.17. The lowest BCUT2D eigenvalue weighted by atomic mass is 10.3. The van der Waals surface area contributed by atoms with Gasteiger partial charge < -0.3 is 15.8 Å². The highest BCUT2D eigenvalue weighted by molar-refractivity contribution is 7.07. The fourth-order valence-corrected chi connectivity index (χ4v) is 2.02. The molecule has 2 aromatic rings. The van der Waals surface area contributed by atoms with Crippen LogP contribution < -0.4 is 10.6 Å². The maximum absolute atomic E-state index is 8.63. The minimum Gasteiger partial charge on any atom is -0.409 e. The first kappa shape index (κ1) is 12.3. The van der Waals surface area contributed by atoms with Crippen LogP contribution >= 0.6 is 11.3 Å². The van der Waals surface area contributed by atoms with Crippen molar-refractivity contribution < 1.29 is 5.21 Å². The van der Waals surface area contributed by atoms with Gasteiger partial charge in [0.1, 0.15) is 11.5 Å². The minimum atomic E-state index is -0.00101. The third-order valence-corrected chi connectivity index (χ3v) is 3.01. The Kier molecular flexibility index (Phi) is 3.73. The SMILES string of the molecule is CN(Cc1cscn1)c1cccc(C(N)=NO)n1. The second kappa shape index (κ2) is 5.46. The number of hydrogen-bond donors (Lipinski definition) is 2. The number of thiazole rings is 1. The number of rotatable bonds is 4. The lowest BCUT2D eigenvalue weighted by Crippen LogP contribution is -2.21. The third kappa shape index (κ3) is 2.75. The molecule has 0 radical (unpaired) electrons. The van der Waals surface area contributed by atoms with Crippen molar-refractivity contribution in [3.63, 3.8) is 0 Å². The average molecular weight is 263 g/mol. The van der Waals surface area contributed by atoms with Gasteiger partial charge in [-0.25, -0.2) is 9.97 Å². The number of pyridine rings is 1. The topological polar surface area (TPSA) is 87.6 Å². The molecule has 0 saturated heterocycles. The number of amidine groups is 1. The predicted molar refractivity (Wildman–Crippen MR) is 71.0 cm³/mol. The summed E-state index contributed by atoms with van der Waals surface area (Å²) in [4.78, 5) is 10.5.